The molecule has 2 heteroatoms. The quantitative estimate of drug-likeness (QED) is 0.491. The molecular formula is C6H11NS. The van der Waals surface area contributed by atoms with Crippen molar-refractivity contribution >= 4 is 11.8 Å². The molecule has 0 fully saturated rings. The van der Waals surface area contributed by atoms with Gasteiger partial charge in [0.15, 0.2) is 0 Å². The standard InChI is InChI=1S/C6H11NS/c1-6(2)7(3)4-5-8-6/h4-5H,1-3H3. The van der Waals surface area contributed by atoms with E-state index < -0.39 is 0 Å². The molecule has 8 heavy (non-hydrogen) atoms. The Balaban J connectivity index is 2.64. The second-order valence-electron chi connectivity index (χ2n) is 2.46. The van der Waals surface area contributed by atoms with E-state index in [2.05, 4.69) is 37.4 Å². The minimum Gasteiger partial charge on any atom is -0.366 e. The first kappa shape index (κ1) is 6.02. The van der Waals surface area contributed by atoms with Crippen molar-refractivity contribution in [3.63, 3.8) is 0 Å². The Morgan fingerprint density at radius 2 is 2.12 bits per heavy atom. The number of hydrogen-bond donors (Lipinski definition) is 0. The molecule has 0 bridgehead atoms. The van der Waals surface area contributed by atoms with Gasteiger partial charge in [0.2, 0.25) is 0 Å². The van der Waals surface area contributed by atoms with Gasteiger partial charge in [-0.05, 0) is 19.3 Å². The van der Waals surface area contributed by atoms with Gasteiger partial charge in [-0.25, -0.2) is 0 Å². The predicted molar refractivity (Wildman–Crippen MR) is 38.6 cm³/mol. The third-order valence-corrected chi connectivity index (χ3v) is 2.61. The summed E-state index contributed by atoms with van der Waals surface area (Å²) in [6, 6.07) is 0. The summed E-state index contributed by atoms with van der Waals surface area (Å²) in [6.45, 7) is 4.41. The van der Waals surface area contributed by atoms with E-state index in [0.717, 1.165) is 0 Å². The van der Waals surface area contributed by atoms with Crippen LogP contribution in [0.25, 0.3) is 0 Å². The minimum absolute atomic E-state index is 0.292. The van der Waals surface area contributed by atoms with Crippen LogP contribution >= 0.6 is 11.8 Å². The van der Waals surface area contributed by atoms with E-state index in [4.69, 9.17) is 0 Å². The van der Waals surface area contributed by atoms with Crippen LogP contribution in [0.5, 0.6) is 0 Å². The van der Waals surface area contributed by atoms with Crippen LogP contribution in [0.15, 0.2) is 11.6 Å². The zero-order valence-corrected chi connectivity index (χ0v) is 6.33. The van der Waals surface area contributed by atoms with E-state index in [1.165, 1.54) is 0 Å². The van der Waals surface area contributed by atoms with Crippen molar-refractivity contribution in [2.24, 2.45) is 0 Å². The van der Waals surface area contributed by atoms with Crippen LogP contribution in [-0.2, 0) is 0 Å². The molecule has 0 aromatic carbocycles. The average molecular weight is 129 g/mol. The van der Waals surface area contributed by atoms with Gasteiger partial charge in [0.1, 0.15) is 0 Å². The minimum atomic E-state index is 0.292. The first-order valence-electron chi connectivity index (χ1n) is 2.70. The van der Waals surface area contributed by atoms with Gasteiger partial charge in [-0.15, -0.1) is 11.8 Å². The predicted octanol–water partition coefficient (Wildman–Crippen LogP) is 1.87. The molecule has 0 spiro atoms. The van der Waals surface area contributed by atoms with Crippen molar-refractivity contribution < 1.29 is 0 Å². The van der Waals surface area contributed by atoms with E-state index in [0.29, 0.717) is 4.87 Å². The van der Waals surface area contributed by atoms with E-state index in [-0.39, 0.29) is 0 Å². The SMILES string of the molecule is CN1C=CSC1(C)C. The monoisotopic (exact) mass is 129 g/mol. The lowest BCUT2D eigenvalue weighted by molar-refractivity contribution is 0.347. The summed E-state index contributed by atoms with van der Waals surface area (Å²) in [5.74, 6) is 0. The van der Waals surface area contributed by atoms with Gasteiger partial charge in [-0.1, -0.05) is 0 Å². The van der Waals surface area contributed by atoms with Gasteiger partial charge in [-0.2, -0.15) is 0 Å². The number of rotatable bonds is 0. The summed E-state index contributed by atoms with van der Waals surface area (Å²) in [7, 11) is 2.09. The van der Waals surface area contributed by atoms with Gasteiger partial charge >= 0.3 is 0 Å². The summed E-state index contributed by atoms with van der Waals surface area (Å²) in [4.78, 5) is 2.50. The molecule has 0 unspecified atom stereocenters. The highest BCUT2D eigenvalue weighted by Crippen LogP contribution is 2.33. The van der Waals surface area contributed by atoms with Crippen LogP contribution < -0.4 is 0 Å². The van der Waals surface area contributed by atoms with E-state index >= 15 is 0 Å². The van der Waals surface area contributed by atoms with Crippen LogP contribution in [0, 0.1) is 0 Å². The second-order valence-corrected chi connectivity index (χ2v) is 3.97. The fraction of sp³-hybridized carbons (Fsp3) is 0.667. The third kappa shape index (κ3) is 0.848. The highest BCUT2D eigenvalue weighted by Gasteiger charge is 2.24. The van der Waals surface area contributed by atoms with Crippen LogP contribution in [0.2, 0.25) is 0 Å². The largest absolute Gasteiger partial charge is 0.366 e. The molecule has 46 valence electrons. The van der Waals surface area contributed by atoms with E-state index in [1.54, 1.807) is 0 Å². The first-order chi connectivity index (χ1) is 3.63. The Kier molecular flexibility index (Phi) is 1.27. The normalized spacial score (nSPS) is 24.6. The summed E-state index contributed by atoms with van der Waals surface area (Å²) in [5, 5.41) is 2.12. The lowest BCUT2D eigenvalue weighted by Gasteiger charge is -2.27. The van der Waals surface area contributed by atoms with Crippen LogP contribution in [0.4, 0.5) is 0 Å². The second kappa shape index (κ2) is 1.69. The molecule has 1 aliphatic heterocycles. The van der Waals surface area contributed by atoms with Crippen molar-refractivity contribution in [3.8, 4) is 0 Å². The summed E-state index contributed by atoms with van der Waals surface area (Å²) >= 11 is 1.85. The van der Waals surface area contributed by atoms with Gasteiger partial charge in [0.25, 0.3) is 0 Å². The van der Waals surface area contributed by atoms with Gasteiger partial charge in [-0.3, -0.25) is 0 Å². The van der Waals surface area contributed by atoms with Crippen molar-refractivity contribution in [1.29, 1.82) is 0 Å². The van der Waals surface area contributed by atoms with E-state index in [1.807, 2.05) is 11.8 Å². The van der Waals surface area contributed by atoms with Crippen LogP contribution in [0.3, 0.4) is 0 Å². The maximum Gasteiger partial charge on any atom is 0.0836 e. The molecular weight excluding hydrogens is 118 g/mol. The summed E-state index contributed by atoms with van der Waals surface area (Å²) < 4.78 is 0. The lowest BCUT2D eigenvalue weighted by atomic mass is 10.3. The van der Waals surface area contributed by atoms with Gasteiger partial charge in [0, 0.05) is 13.2 Å². The first-order valence-corrected chi connectivity index (χ1v) is 3.58. The molecule has 0 amide bonds. The van der Waals surface area contributed by atoms with Gasteiger partial charge < -0.3 is 4.90 Å². The number of thioether (sulfide) groups is 1. The third-order valence-electron chi connectivity index (χ3n) is 1.49. The van der Waals surface area contributed by atoms with Gasteiger partial charge in [0.05, 0.1) is 4.87 Å². The molecule has 0 N–H and O–H groups in total. The fourth-order valence-corrected chi connectivity index (χ4v) is 1.35. The Hall–Kier alpha value is -0.110. The molecule has 0 aromatic rings. The zero-order valence-electron chi connectivity index (χ0n) is 5.51. The van der Waals surface area contributed by atoms with Crippen LogP contribution in [-0.4, -0.2) is 16.8 Å². The average Bonchev–Trinajstić information content (AvgIpc) is 1.86. The van der Waals surface area contributed by atoms with Crippen molar-refractivity contribution in [1.82, 2.24) is 4.90 Å². The molecule has 0 saturated carbocycles. The Bertz CT molecular complexity index is 118. The highest BCUT2D eigenvalue weighted by molar-refractivity contribution is 8.03. The zero-order chi connectivity index (χ0) is 6.20. The van der Waals surface area contributed by atoms with Crippen molar-refractivity contribution in [2.75, 3.05) is 7.05 Å². The Morgan fingerprint density at radius 1 is 1.50 bits per heavy atom. The molecule has 0 aromatic heterocycles. The molecule has 1 heterocycles. The number of nitrogens with zero attached hydrogens (tertiary/aromatic N) is 1. The Morgan fingerprint density at radius 3 is 2.25 bits per heavy atom. The lowest BCUT2D eigenvalue weighted by Crippen LogP contribution is -2.29. The molecule has 1 nitrogen and oxygen atoms in total. The van der Waals surface area contributed by atoms with Crippen molar-refractivity contribution in [2.45, 2.75) is 18.7 Å². The van der Waals surface area contributed by atoms with E-state index in [9.17, 15) is 0 Å². The maximum absolute atomic E-state index is 2.21. The molecule has 1 rings (SSSR count). The number of hydrogen-bond acceptors (Lipinski definition) is 2. The molecule has 0 atom stereocenters. The van der Waals surface area contributed by atoms with Crippen LogP contribution in [0.1, 0.15) is 13.8 Å². The molecule has 0 radical (unpaired) electrons. The summed E-state index contributed by atoms with van der Waals surface area (Å²) in [5.41, 5.74) is 0. The summed E-state index contributed by atoms with van der Waals surface area (Å²) in [6.07, 6.45) is 2.10. The highest BCUT2D eigenvalue weighted by atomic mass is 32.2. The topological polar surface area (TPSA) is 3.24 Å². The Labute approximate surface area is 54.8 Å². The maximum atomic E-state index is 2.21. The van der Waals surface area contributed by atoms with Crippen molar-refractivity contribution in [3.05, 3.63) is 11.6 Å². The molecule has 0 aliphatic carbocycles. The smallest absolute Gasteiger partial charge is 0.0836 e. The fourth-order valence-electron chi connectivity index (χ4n) is 0.551. The molecule has 0 saturated heterocycles. The molecule has 1 aliphatic rings.